The number of benzene rings is 2. The number of ether oxygens (including phenoxy) is 1. The van der Waals surface area contributed by atoms with Crippen molar-refractivity contribution in [2.75, 3.05) is 11.9 Å². The van der Waals surface area contributed by atoms with Crippen LogP contribution in [0.5, 0.6) is 5.75 Å². The van der Waals surface area contributed by atoms with E-state index in [1.807, 2.05) is 6.92 Å². The van der Waals surface area contributed by atoms with Crippen LogP contribution < -0.4 is 10.1 Å². The topological polar surface area (TPSA) is 94.6 Å². The Kier molecular flexibility index (Phi) is 5.86. The van der Waals surface area contributed by atoms with E-state index in [0.717, 1.165) is 5.75 Å². The van der Waals surface area contributed by atoms with Gasteiger partial charge in [0.15, 0.2) is 0 Å². The first-order valence-corrected chi connectivity index (χ1v) is 8.62. The van der Waals surface area contributed by atoms with Crippen molar-refractivity contribution in [1.82, 2.24) is 0 Å². The van der Waals surface area contributed by atoms with Gasteiger partial charge in [-0.1, -0.05) is 12.1 Å². The minimum Gasteiger partial charge on any atom is -0.494 e. The number of nitrogens with zero attached hydrogens (tertiary/aromatic N) is 1. The van der Waals surface area contributed by atoms with Crippen LogP contribution in [0.15, 0.2) is 71.2 Å². The van der Waals surface area contributed by atoms with Crippen LogP contribution in [-0.4, -0.2) is 17.4 Å². The molecule has 2 aromatic carbocycles. The van der Waals surface area contributed by atoms with Crippen molar-refractivity contribution in [2.24, 2.45) is 0 Å². The first-order chi connectivity index (χ1) is 13.6. The van der Waals surface area contributed by atoms with Crippen LogP contribution in [0.1, 0.15) is 12.7 Å². The largest absolute Gasteiger partial charge is 0.494 e. The smallest absolute Gasteiger partial charge is 0.280 e. The molecule has 0 fully saturated rings. The number of hydrogen-bond acceptors (Lipinski definition) is 5. The molecule has 0 bridgehead atoms. The molecule has 0 radical (unpaired) electrons. The summed E-state index contributed by atoms with van der Waals surface area (Å²) in [4.78, 5) is 22.7. The molecular weight excluding hydrogens is 360 g/mol. The number of carbonyl (C=O) groups excluding carboxylic acids is 1. The minimum atomic E-state index is -0.461. The van der Waals surface area contributed by atoms with E-state index in [1.54, 1.807) is 54.6 Å². The van der Waals surface area contributed by atoms with Crippen molar-refractivity contribution in [1.29, 1.82) is 0 Å². The highest BCUT2D eigenvalue weighted by Crippen LogP contribution is 2.31. The summed E-state index contributed by atoms with van der Waals surface area (Å²) >= 11 is 0. The number of carbonyl (C=O) groups is 1. The van der Waals surface area contributed by atoms with Gasteiger partial charge in [-0.3, -0.25) is 14.9 Å². The summed E-state index contributed by atoms with van der Waals surface area (Å²) in [6, 6.07) is 16.6. The molecule has 1 N–H and O–H groups in total. The van der Waals surface area contributed by atoms with E-state index in [-0.39, 0.29) is 11.6 Å². The molecule has 3 aromatic rings. The first-order valence-electron chi connectivity index (χ1n) is 8.62. The van der Waals surface area contributed by atoms with Crippen molar-refractivity contribution in [2.45, 2.75) is 6.92 Å². The highest BCUT2D eigenvalue weighted by molar-refractivity contribution is 6.01. The fourth-order valence-electron chi connectivity index (χ4n) is 2.57. The lowest BCUT2D eigenvalue weighted by Crippen LogP contribution is -2.07. The van der Waals surface area contributed by atoms with Gasteiger partial charge in [0.2, 0.25) is 5.91 Å². The van der Waals surface area contributed by atoms with Gasteiger partial charge in [-0.25, -0.2) is 0 Å². The Labute approximate surface area is 161 Å². The Morgan fingerprint density at radius 1 is 1.14 bits per heavy atom. The number of hydrogen-bond donors (Lipinski definition) is 1. The van der Waals surface area contributed by atoms with Gasteiger partial charge in [-0.05, 0) is 55.5 Å². The number of nitro benzene ring substituents is 1. The van der Waals surface area contributed by atoms with E-state index < -0.39 is 4.92 Å². The summed E-state index contributed by atoms with van der Waals surface area (Å²) in [7, 11) is 0. The third-order valence-electron chi connectivity index (χ3n) is 3.82. The van der Waals surface area contributed by atoms with Crippen molar-refractivity contribution in [3.8, 4) is 17.1 Å². The van der Waals surface area contributed by atoms with E-state index in [4.69, 9.17) is 9.15 Å². The number of nitrogens with one attached hydrogen (secondary N) is 1. The SMILES string of the molecule is CCOc1ccc(NC(=O)/C=C/c2ccc(-c3ccccc3[N+](=O)[O-])o2)cc1. The molecule has 0 aliphatic heterocycles. The lowest BCUT2D eigenvalue weighted by Gasteiger charge is -2.05. The van der Waals surface area contributed by atoms with Crippen LogP contribution in [0.2, 0.25) is 0 Å². The molecule has 7 heteroatoms. The lowest BCUT2D eigenvalue weighted by molar-refractivity contribution is -0.384. The monoisotopic (exact) mass is 378 g/mol. The number of furan rings is 1. The van der Waals surface area contributed by atoms with Crippen LogP contribution >= 0.6 is 0 Å². The van der Waals surface area contributed by atoms with Crippen LogP contribution in [0.4, 0.5) is 11.4 Å². The lowest BCUT2D eigenvalue weighted by atomic mass is 10.1. The first kappa shape index (κ1) is 18.9. The van der Waals surface area contributed by atoms with E-state index in [9.17, 15) is 14.9 Å². The molecule has 0 aliphatic rings. The van der Waals surface area contributed by atoms with Crippen molar-refractivity contribution >= 4 is 23.4 Å². The second kappa shape index (κ2) is 8.68. The van der Waals surface area contributed by atoms with Crippen LogP contribution in [0.25, 0.3) is 17.4 Å². The summed E-state index contributed by atoms with van der Waals surface area (Å²) < 4.78 is 11.0. The number of nitro groups is 1. The standard InChI is InChI=1S/C21H18N2O5/c1-2-27-16-9-7-15(8-10-16)22-21(24)14-12-17-11-13-20(28-17)18-5-3-4-6-19(18)23(25)26/h3-14H,2H2,1H3,(H,22,24)/b14-12+. The van der Waals surface area contributed by atoms with Gasteiger partial charge in [0.1, 0.15) is 17.3 Å². The molecule has 1 aromatic heterocycles. The number of para-hydroxylation sites is 1. The summed E-state index contributed by atoms with van der Waals surface area (Å²) in [5.41, 5.74) is 0.977. The second-order valence-electron chi connectivity index (χ2n) is 5.76. The normalized spacial score (nSPS) is 10.8. The van der Waals surface area contributed by atoms with Gasteiger partial charge in [0, 0.05) is 17.8 Å². The Balaban J connectivity index is 1.67. The molecule has 142 valence electrons. The molecule has 0 aliphatic carbocycles. The Morgan fingerprint density at radius 3 is 2.61 bits per heavy atom. The van der Waals surface area contributed by atoms with Crippen molar-refractivity contribution < 1.29 is 18.9 Å². The highest BCUT2D eigenvalue weighted by Gasteiger charge is 2.16. The van der Waals surface area contributed by atoms with Gasteiger partial charge in [-0.15, -0.1) is 0 Å². The number of amides is 1. The molecule has 28 heavy (non-hydrogen) atoms. The van der Waals surface area contributed by atoms with Crippen LogP contribution in [0, 0.1) is 10.1 Å². The maximum Gasteiger partial charge on any atom is 0.280 e. The zero-order valence-corrected chi connectivity index (χ0v) is 15.1. The average molecular weight is 378 g/mol. The van der Waals surface area contributed by atoms with Gasteiger partial charge in [-0.2, -0.15) is 0 Å². The maximum absolute atomic E-state index is 12.1. The van der Waals surface area contributed by atoms with E-state index in [1.165, 1.54) is 18.2 Å². The van der Waals surface area contributed by atoms with Gasteiger partial charge >= 0.3 is 0 Å². The van der Waals surface area contributed by atoms with Gasteiger partial charge in [0.25, 0.3) is 5.69 Å². The summed E-state index contributed by atoms with van der Waals surface area (Å²) in [6.07, 6.45) is 2.83. The molecule has 0 unspecified atom stereocenters. The molecular formula is C21H18N2O5. The number of rotatable bonds is 7. The molecule has 7 nitrogen and oxygen atoms in total. The Hall–Kier alpha value is -3.87. The fraction of sp³-hybridized carbons (Fsp3) is 0.0952. The van der Waals surface area contributed by atoms with E-state index >= 15 is 0 Å². The number of anilines is 1. The minimum absolute atomic E-state index is 0.0411. The molecule has 0 spiro atoms. The zero-order valence-electron chi connectivity index (χ0n) is 15.1. The van der Waals surface area contributed by atoms with Crippen LogP contribution in [0.3, 0.4) is 0 Å². The zero-order chi connectivity index (χ0) is 19.9. The van der Waals surface area contributed by atoms with Crippen molar-refractivity contribution in [3.63, 3.8) is 0 Å². The quantitative estimate of drug-likeness (QED) is 0.358. The van der Waals surface area contributed by atoms with E-state index in [2.05, 4.69) is 5.32 Å². The van der Waals surface area contributed by atoms with E-state index in [0.29, 0.717) is 29.4 Å². The van der Waals surface area contributed by atoms with Crippen molar-refractivity contribution in [3.05, 3.63) is 82.6 Å². The fourth-order valence-corrected chi connectivity index (χ4v) is 2.57. The summed E-state index contributed by atoms with van der Waals surface area (Å²) in [6.45, 7) is 2.47. The summed E-state index contributed by atoms with van der Waals surface area (Å²) in [5.74, 6) is 1.18. The third-order valence-corrected chi connectivity index (χ3v) is 3.82. The molecule has 1 heterocycles. The Morgan fingerprint density at radius 2 is 1.89 bits per heavy atom. The van der Waals surface area contributed by atoms with Crippen LogP contribution in [-0.2, 0) is 4.79 Å². The third kappa shape index (κ3) is 4.64. The second-order valence-corrected chi connectivity index (χ2v) is 5.76. The molecule has 0 saturated carbocycles. The van der Waals surface area contributed by atoms with Gasteiger partial charge in [0.05, 0.1) is 17.1 Å². The Bertz CT molecular complexity index is 1010. The predicted molar refractivity (Wildman–Crippen MR) is 106 cm³/mol. The summed E-state index contributed by atoms with van der Waals surface area (Å²) in [5, 5.41) is 13.9. The maximum atomic E-state index is 12.1. The predicted octanol–water partition coefficient (Wildman–Crippen LogP) is 4.91. The molecule has 0 atom stereocenters. The highest BCUT2D eigenvalue weighted by atomic mass is 16.6. The average Bonchev–Trinajstić information content (AvgIpc) is 3.17. The molecule has 3 rings (SSSR count). The van der Waals surface area contributed by atoms with Gasteiger partial charge < -0.3 is 14.5 Å². The molecule has 1 amide bonds. The molecule has 0 saturated heterocycles.